The Morgan fingerprint density at radius 3 is 2.24 bits per heavy atom. The van der Waals surface area contributed by atoms with Crippen LogP contribution in [0.4, 0.5) is 18.9 Å². The van der Waals surface area contributed by atoms with Gasteiger partial charge in [-0.05, 0) is 17.7 Å². The van der Waals surface area contributed by atoms with E-state index < -0.39 is 39.4 Å². The van der Waals surface area contributed by atoms with Gasteiger partial charge in [0.25, 0.3) is 0 Å². The van der Waals surface area contributed by atoms with Crippen LogP contribution in [0.25, 0.3) is 0 Å². The van der Waals surface area contributed by atoms with Crippen molar-refractivity contribution in [2.45, 2.75) is 6.42 Å². The first-order valence-corrected chi connectivity index (χ1v) is 5.79. The number of nitro groups is 1. The molecule has 0 radical (unpaired) electrons. The second-order valence-corrected chi connectivity index (χ2v) is 4.27. The number of carbonyl (C=O) groups is 1. The first kappa shape index (κ1) is 14.7. The largest absolute Gasteiger partial charge is 0.305 e. The van der Waals surface area contributed by atoms with E-state index in [1.807, 2.05) is 0 Å². The molecule has 21 heavy (non-hydrogen) atoms. The predicted octanol–water partition coefficient (Wildman–Crippen LogP) is 3.44. The molecule has 0 fully saturated rings. The summed E-state index contributed by atoms with van der Waals surface area (Å²) in [5.74, 6) is -3.78. The highest BCUT2D eigenvalue weighted by Gasteiger charge is 2.22. The maximum absolute atomic E-state index is 13.6. The van der Waals surface area contributed by atoms with Crippen molar-refractivity contribution in [1.82, 2.24) is 0 Å². The molecule has 7 heteroatoms. The number of hydrogen-bond donors (Lipinski definition) is 0. The molecule has 0 unspecified atom stereocenters. The molecule has 0 saturated heterocycles. The van der Waals surface area contributed by atoms with Crippen LogP contribution in [-0.2, 0) is 6.42 Å². The van der Waals surface area contributed by atoms with Crippen molar-refractivity contribution in [3.63, 3.8) is 0 Å². The van der Waals surface area contributed by atoms with Gasteiger partial charge in [-0.2, -0.15) is 4.39 Å². The van der Waals surface area contributed by atoms with Crippen molar-refractivity contribution in [2.24, 2.45) is 0 Å². The van der Waals surface area contributed by atoms with Gasteiger partial charge in [-0.15, -0.1) is 0 Å². The highest BCUT2D eigenvalue weighted by atomic mass is 19.1. The van der Waals surface area contributed by atoms with Crippen LogP contribution in [0.15, 0.2) is 36.4 Å². The fourth-order valence-corrected chi connectivity index (χ4v) is 1.77. The molecule has 0 heterocycles. The Morgan fingerprint density at radius 1 is 1.05 bits per heavy atom. The van der Waals surface area contributed by atoms with Gasteiger partial charge in [-0.25, -0.2) is 8.78 Å². The van der Waals surface area contributed by atoms with Crippen molar-refractivity contribution >= 4 is 11.5 Å². The fraction of sp³-hybridized carbons (Fsp3) is 0.0714. The molecule has 0 saturated carbocycles. The number of ketones is 1. The third-order valence-electron chi connectivity index (χ3n) is 2.81. The minimum atomic E-state index is -1.35. The van der Waals surface area contributed by atoms with Gasteiger partial charge in [-0.1, -0.05) is 12.1 Å². The summed E-state index contributed by atoms with van der Waals surface area (Å²) in [6.07, 6.45) is -0.278. The van der Waals surface area contributed by atoms with E-state index in [1.54, 1.807) is 0 Å². The Morgan fingerprint density at radius 2 is 1.67 bits per heavy atom. The van der Waals surface area contributed by atoms with Crippen LogP contribution in [0.2, 0.25) is 0 Å². The van der Waals surface area contributed by atoms with Gasteiger partial charge < -0.3 is 0 Å². The first-order valence-electron chi connectivity index (χ1n) is 5.79. The minimum absolute atomic E-state index is 0.278. The predicted molar refractivity (Wildman–Crippen MR) is 67.4 cm³/mol. The highest BCUT2D eigenvalue weighted by molar-refractivity contribution is 5.98. The third-order valence-corrected chi connectivity index (χ3v) is 2.81. The van der Waals surface area contributed by atoms with E-state index in [1.165, 1.54) is 12.1 Å². The molecule has 2 aromatic carbocycles. The molecule has 4 nitrogen and oxygen atoms in total. The molecule has 0 bridgehead atoms. The Balaban J connectivity index is 2.32. The van der Waals surface area contributed by atoms with Gasteiger partial charge in [0, 0.05) is 18.6 Å². The molecule has 0 spiro atoms. The fourth-order valence-electron chi connectivity index (χ4n) is 1.77. The van der Waals surface area contributed by atoms with Crippen LogP contribution in [0, 0.1) is 27.6 Å². The zero-order chi connectivity index (χ0) is 15.6. The standard InChI is InChI=1S/C14H8F3NO3/c15-9-3-1-8(2-4-9)5-14(19)10-6-13(18(20)21)12(17)7-11(10)16/h1-4,6-7H,5H2. The quantitative estimate of drug-likeness (QED) is 0.493. The zero-order valence-electron chi connectivity index (χ0n) is 10.5. The zero-order valence-corrected chi connectivity index (χ0v) is 10.5. The molecule has 108 valence electrons. The number of nitro benzene ring substituents is 1. The second kappa shape index (κ2) is 5.74. The summed E-state index contributed by atoms with van der Waals surface area (Å²) >= 11 is 0. The summed E-state index contributed by atoms with van der Waals surface area (Å²) in [4.78, 5) is 21.5. The molecule has 0 atom stereocenters. The van der Waals surface area contributed by atoms with Crippen molar-refractivity contribution < 1.29 is 22.9 Å². The van der Waals surface area contributed by atoms with Crippen LogP contribution >= 0.6 is 0 Å². The molecule has 0 aliphatic heterocycles. The van der Waals surface area contributed by atoms with E-state index in [0.717, 1.165) is 12.1 Å². The van der Waals surface area contributed by atoms with E-state index in [0.29, 0.717) is 17.7 Å². The summed E-state index contributed by atoms with van der Waals surface area (Å²) in [5.41, 5.74) is -1.14. The van der Waals surface area contributed by atoms with Crippen molar-refractivity contribution in [2.75, 3.05) is 0 Å². The third kappa shape index (κ3) is 3.25. The molecule has 0 amide bonds. The topological polar surface area (TPSA) is 60.2 Å². The molecular weight excluding hydrogens is 287 g/mol. The summed E-state index contributed by atoms with van der Waals surface area (Å²) in [6.45, 7) is 0. The number of halogens is 3. The van der Waals surface area contributed by atoms with Crippen molar-refractivity contribution in [3.8, 4) is 0 Å². The van der Waals surface area contributed by atoms with Gasteiger partial charge in [0.15, 0.2) is 5.78 Å². The number of Topliss-reactive ketones (excluding diaryl/α,β-unsaturated/α-hetero) is 1. The summed E-state index contributed by atoms with van der Waals surface area (Å²) in [7, 11) is 0. The van der Waals surface area contributed by atoms with E-state index in [2.05, 4.69) is 0 Å². The first-order chi connectivity index (χ1) is 9.88. The Kier molecular flexibility index (Phi) is 4.02. The van der Waals surface area contributed by atoms with Crippen molar-refractivity contribution in [1.29, 1.82) is 0 Å². The molecule has 0 N–H and O–H groups in total. The smallest absolute Gasteiger partial charge is 0.294 e. The lowest BCUT2D eigenvalue weighted by molar-refractivity contribution is -0.387. The molecule has 0 aliphatic carbocycles. The monoisotopic (exact) mass is 295 g/mol. The van der Waals surface area contributed by atoms with E-state index >= 15 is 0 Å². The number of hydrogen-bond acceptors (Lipinski definition) is 3. The summed E-state index contributed by atoms with van der Waals surface area (Å²) in [6, 6.07) is 5.80. The van der Waals surface area contributed by atoms with Gasteiger partial charge >= 0.3 is 5.69 Å². The minimum Gasteiger partial charge on any atom is -0.294 e. The van der Waals surface area contributed by atoms with Crippen LogP contribution in [0.3, 0.4) is 0 Å². The lowest BCUT2D eigenvalue weighted by Gasteiger charge is -2.04. The molecule has 2 rings (SSSR count). The van der Waals surface area contributed by atoms with Crippen LogP contribution in [0.5, 0.6) is 0 Å². The number of nitrogens with zero attached hydrogens (tertiary/aromatic N) is 1. The van der Waals surface area contributed by atoms with Gasteiger partial charge in [0.2, 0.25) is 5.82 Å². The van der Waals surface area contributed by atoms with Gasteiger partial charge in [0.05, 0.1) is 10.5 Å². The average molecular weight is 295 g/mol. The maximum atomic E-state index is 13.6. The molecule has 0 aliphatic rings. The maximum Gasteiger partial charge on any atom is 0.305 e. The lowest BCUT2D eigenvalue weighted by Crippen LogP contribution is -2.08. The Labute approximate surface area is 117 Å². The van der Waals surface area contributed by atoms with Gasteiger partial charge in [-0.3, -0.25) is 14.9 Å². The molecule has 2 aromatic rings. The van der Waals surface area contributed by atoms with Crippen LogP contribution in [-0.4, -0.2) is 10.7 Å². The normalized spacial score (nSPS) is 10.4. The number of rotatable bonds is 4. The Bertz CT molecular complexity index is 714. The van der Waals surface area contributed by atoms with Crippen LogP contribution < -0.4 is 0 Å². The molecule has 0 aromatic heterocycles. The van der Waals surface area contributed by atoms with E-state index in [-0.39, 0.29) is 6.42 Å². The lowest BCUT2D eigenvalue weighted by atomic mass is 10.0. The van der Waals surface area contributed by atoms with Crippen LogP contribution in [0.1, 0.15) is 15.9 Å². The SMILES string of the molecule is O=C(Cc1ccc(F)cc1)c1cc([N+](=O)[O-])c(F)cc1F. The van der Waals surface area contributed by atoms with E-state index in [9.17, 15) is 28.1 Å². The molecular formula is C14H8F3NO3. The van der Waals surface area contributed by atoms with E-state index in [4.69, 9.17) is 0 Å². The highest BCUT2D eigenvalue weighted by Crippen LogP contribution is 2.22. The Hall–Kier alpha value is -2.70. The second-order valence-electron chi connectivity index (χ2n) is 4.27. The number of benzene rings is 2. The summed E-state index contributed by atoms with van der Waals surface area (Å²) in [5, 5.41) is 10.6. The van der Waals surface area contributed by atoms with Crippen molar-refractivity contribution in [3.05, 3.63) is 75.1 Å². The summed E-state index contributed by atoms with van der Waals surface area (Å²) < 4.78 is 39.5. The number of carbonyl (C=O) groups excluding carboxylic acids is 1. The van der Waals surface area contributed by atoms with Gasteiger partial charge in [0.1, 0.15) is 11.6 Å². The average Bonchev–Trinajstić information content (AvgIpc) is 2.40.